The Morgan fingerprint density at radius 3 is 2.79 bits per heavy atom. The number of halogens is 1. The van der Waals surface area contributed by atoms with Crippen LogP contribution in [0.5, 0.6) is 0 Å². The molecule has 0 saturated carbocycles. The van der Waals surface area contributed by atoms with E-state index in [0.717, 1.165) is 28.2 Å². The summed E-state index contributed by atoms with van der Waals surface area (Å²) in [5.41, 5.74) is 1.48. The number of amides is 1. The zero-order chi connectivity index (χ0) is 16.7. The van der Waals surface area contributed by atoms with E-state index in [-0.39, 0.29) is 5.91 Å². The molecule has 7 nitrogen and oxygen atoms in total. The van der Waals surface area contributed by atoms with Crippen molar-refractivity contribution in [3.63, 3.8) is 0 Å². The Kier molecular flexibility index (Phi) is 3.84. The number of hydrogen-bond donors (Lipinski definition) is 0. The molecule has 1 saturated heterocycles. The normalized spacial score (nSPS) is 16.0. The average molecular weight is 389 g/mol. The third-order valence-corrected chi connectivity index (χ3v) is 5.06. The number of aromatic nitrogens is 5. The molecular formula is C16H17BrN6O. The summed E-state index contributed by atoms with van der Waals surface area (Å²) in [6, 6.07) is 6.14. The molecule has 3 heterocycles. The molecule has 0 radical (unpaired) electrons. The van der Waals surface area contributed by atoms with E-state index in [1.165, 1.54) is 0 Å². The van der Waals surface area contributed by atoms with E-state index in [1.54, 1.807) is 10.9 Å². The first-order valence-corrected chi connectivity index (χ1v) is 8.70. The van der Waals surface area contributed by atoms with Gasteiger partial charge in [0.1, 0.15) is 5.69 Å². The molecule has 1 aromatic carbocycles. The Bertz CT molecular complexity index is 879. The van der Waals surface area contributed by atoms with Gasteiger partial charge in [-0.05, 0) is 31.0 Å². The minimum Gasteiger partial charge on any atom is -0.337 e. The molecule has 4 rings (SSSR count). The number of likely N-dealkylation sites (tertiary alicyclic amines) is 1. The molecule has 0 atom stereocenters. The van der Waals surface area contributed by atoms with Crippen LogP contribution >= 0.6 is 15.9 Å². The van der Waals surface area contributed by atoms with Crippen LogP contribution in [0, 0.1) is 0 Å². The lowest BCUT2D eigenvalue weighted by atomic mass is 10.0. The first kappa shape index (κ1) is 15.3. The van der Waals surface area contributed by atoms with E-state index in [1.807, 2.05) is 41.0 Å². The lowest BCUT2D eigenvalue weighted by molar-refractivity contribution is 0.0680. The van der Waals surface area contributed by atoms with Crippen molar-refractivity contribution < 1.29 is 4.79 Å². The van der Waals surface area contributed by atoms with Crippen LogP contribution in [0.25, 0.3) is 10.9 Å². The van der Waals surface area contributed by atoms with Gasteiger partial charge in [0, 0.05) is 36.2 Å². The fourth-order valence-electron chi connectivity index (χ4n) is 3.32. The monoisotopic (exact) mass is 388 g/mol. The zero-order valence-electron chi connectivity index (χ0n) is 13.3. The van der Waals surface area contributed by atoms with Gasteiger partial charge in [-0.1, -0.05) is 21.1 Å². The topological polar surface area (TPSA) is 68.8 Å². The van der Waals surface area contributed by atoms with Gasteiger partial charge in [0.2, 0.25) is 0 Å². The minimum absolute atomic E-state index is 0.0411. The number of carbonyl (C=O) groups excluding carboxylic acids is 1. The molecule has 0 spiro atoms. The van der Waals surface area contributed by atoms with Crippen molar-refractivity contribution in [3.8, 4) is 0 Å². The van der Waals surface area contributed by atoms with Gasteiger partial charge in [-0.15, -0.1) is 5.10 Å². The molecule has 24 heavy (non-hydrogen) atoms. The Balaban J connectivity index is 1.56. The van der Waals surface area contributed by atoms with Crippen molar-refractivity contribution in [1.29, 1.82) is 0 Å². The molecule has 1 amide bonds. The number of carbonyl (C=O) groups is 1. The maximum absolute atomic E-state index is 13.0. The molecule has 3 aromatic rings. The second kappa shape index (κ2) is 6.01. The van der Waals surface area contributed by atoms with Gasteiger partial charge in [0.15, 0.2) is 0 Å². The van der Waals surface area contributed by atoms with Gasteiger partial charge < -0.3 is 4.90 Å². The highest BCUT2D eigenvalue weighted by Gasteiger charge is 2.28. The molecule has 0 bridgehead atoms. The van der Waals surface area contributed by atoms with Crippen molar-refractivity contribution in [3.05, 3.63) is 40.8 Å². The highest BCUT2D eigenvalue weighted by atomic mass is 79.9. The quantitative estimate of drug-likeness (QED) is 0.675. The first-order valence-electron chi connectivity index (χ1n) is 7.91. The molecule has 0 unspecified atom stereocenters. The van der Waals surface area contributed by atoms with Crippen LogP contribution in [0.4, 0.5) is 0 Å². The Hall–Kier alpha value is -2.22. The van der Waals surface area contributed by atoms with Crippen molar-refractivity contribution in [2.75, 3.05) is 13.1 Å². The van der Waals surface area contributed by atoms with Crippen LogP contribution in [0.2, 0.25) is 0 Å². The Morgan fingerprint density at radius 1 is 1.29 bits per heavy atom. The van der Waals surface area contributed by atoms with Gasteiger partial charge in [-0.25, -0.2) is 4.68 Å². The molecule has 8 heteroatoms. The maximum atomic E-state index is 13.0. The standard InChI is InChI=1S/C16H17BrN6O/c1-21-15(13-3-2-11(17)10-14(13)19-21)16(24)22-7-4-12(5-8-22)23-9-6-18-20-23/h2-3,6,9-10,12H,4-5,7-8H2,1H3. The van der Waals surface area contributed by atoms with Crippen LogP contribution in [0.15, 0.2) is 35.1 Å². The number of benzene rings is 1. The van der Waals surface area contributed by atoms with Crippen LogP contribution < -0.4 is 0 Å². The van der Waals surface area contributed by atoms with Crippen LogP contribution in [0.3, 0.4) is 0 Å². The van der Waals surface area contributed by atoms with Gasteiger partial charge in [0.05, 0.1) is 17.8 Å². The van der Waals surface area contributed by atoms with Crippen molar-refractivity contribution in [2.24, 2.45) is 7.05 Å². The SMILES string of the molecule is Cn1nc2cc(Br)ccc2c1C(=O)N1CCC(n2ccnn2)CC1. The first-order chi connectivity index (χ1) is 11.6. The number of piperidine rings is 1. The predicted octanol–water partition coefficient (Wildman–Crippen LogP) is 2.40. The summed E-state index contributed by atoms with van der Waals surface area (Å²) in [4.78, 5) is 14.9. The van der Waals surface area contributed by atoms with Gasteiger partial charge in [-0.2, -0.15) is 5.10 Å². The summed E-state index contributed by atoms with van der Waals surface area (Å²) in [6.07, 6.45) is 5.35. The van der Waals surface area contributed by atoms with Gasteiger partial charge in [0.25, 0.3) is 5.91 Å². The summed E-state index contributed by atoms with van der Waals surface area (Å²) in [7, 11) is 1.82. The molecular weight excluding hydrogens is 372 g/mol. The number of nitrogens with zero attached hydrogens (tertiary/aromatic N) is 6. The molecule has 1 aliphatic heterocycles. The van der Waals surface area contributed by atoms with Gasteiger partial charge >= 0.3 is 0 Å². The van der Waals surface area contributed by atoms with E-state index in [4.69, 9.17) is 0 Å². The molecule has 124 valence electrons. The molecule has 1 aliphatic rings. The van der Waals surface area contributed by atoms with Crippen LogP contribution in [-0.4, -0.2) is 48.7 Å². The minimum atomic E-state index is 0.0411. The summed E-state index contributed by atoms with van der Waals surface area (Å²) < 4.78 is 4.53. The van der Waals surface area contributed by atoms with E-state index in [2.05, 4.69) is 31.3 Å². The van der Waals surface area contributed by atoms with Gasteiger partial charge in [-0.3, -0.25) is 9.48 Å². The highest BCUT2D eigenvalue weighted by molar-refractivity contribution is 9.10. The number of rotatable bonds is 2. The van der Waals surface area contributed by atoms with Crippen molar-refractivity contribution in [2.45, 2.75) is 18.9 Å². The number of hydrogen-bond acceptors (Lipinski definition) is 4. The third-order valence-electron chi connectivity index (χ3n) is 4.57. The summed E-state index contributed by atoms with van der Waals surface area (Å²) in [5, 5.41) is 13.3. The van der Waals surface area contributed by atoms with Crippen LogP contribution in [0.1, 0.15) is 29.4 Å². The average Bonchev–Trinajstić information content (AvgIpc) is 3.21. The molecule has 1 fully saturated rings. The Labute approximate surface area is 147 Å². The Morgan fingerprint density at radius 2 is 2.08 bits per heavy atom. The number of aryl methyl sites for hydroxylation is 1. The maximum Gasteiger partial charge on any atom is 0.272 e. The third kappa shape index (κ3) is 2.60. The van der Waals surface area contributed by atoms with Crippen molar-refractivity contribution >= 4 is 32.7 Å². The lowest BCUT2D eigenvalue weighted by Crippen LogP contribution is -2.40. The molecule has 2 aromatic heterocycles. The highest BCUT2D eigenvalue weighted by Crippen LogP contribution is 2.26. The lowest BCUT2D eigenvalue weighted by Gasteiger charge is -2.31. The fraction of sp³-hybridized carbons (Fsp3) is 0.375. The van der Waals surface area contributed by atoms with E-state index in [9.17, 15) is 4.79 Å². The van der Waals surface area contributed by atoms with Crippen molar-refractivity contribution in [1.82, 2.24) is 29.7 Å². The smallest absolute Gasteiger partial charge is 0.272 e. The van der Waals surface area contributed by atoms with Crippen LogP contribution in [-0.2, 0) is 7.05 Å². The second-order valence-corrected chi connectivity index (χ2v) is 6.96. The fourth-order valence-corrected chi connectivity index (χ4v) is 3.67. The summed E-state index contributed by atoms with van der Waals surface area (Å²) >= 11 is 3.45. The van der Waals surface area contributed by atoms with E-state index in [0.29, 0.717) is 24.8 Å². The zero-order valence-corrected chi connectivity index (χ0v) is 14.8. The van der Waals surface area contributed by atoms with E-state index < -0.39 is 0 Å². The molecule has 0 N–H and O–H groups in total. The summed E-state index contributed by atoms with van der Waals surface area (Å²) in [6.45, 7) is 1.43. The molecule has 0 aliphatic carbocycles. The summed E-state index contributed by atoms with van der Waals surface area (Å²) in [5.74, 6) is 0.0411. The van der Waals surface area contributed by atoms with E-state index >= 15 is 0 Å². The second-order valence-electron chi connectivity index (χ2n) is 6.04. The predicted molar refractivity (Wildman–Crippen MR) is 92.6 cm³/mol. The number of fused-ring (bicyclic) bond motifs is 1. The largest absolute Gasteiger partial charge is 0.337 e.